The zero-order valence-corrected chi connectivity index (χ0v) is 11.4. The summed E-state index contributed by atoms with van der Waals surface area (Å²) in [6, 6.07) is 19.4. The Morgan fingerprint density at radius 3 is 2.59 bits per heavy atom. The van der Waals surface area contributed by atoms with Crippen LogP contribution in [0.5, 0.6) is 11.5 Å². The molecule has 0 aliphatic carbocycles. The molecule has 0 amide bonds. The third-order valence-corrected chi connectivity index (χ3v) is 3.26. The summed E-state index contributed by atoms with van der Waals surface area (Å²) in [5.41, 5.74) is -0.254. The molecule has 0 saturated heterocycles. The van der Waals surface area contributed by atoms with Gasteiger partial charge in [0.1, 0.15) is 23.1 Å². The molecule has 3 aromatic carbocycles. The van der Waals surface area contributed by atoms with Gasteiger partial charge in [-0.15, -0.1) is 0 Å². The molecule has 0 radical (unpaired) electrons. The zero-order chi connectivity index (χ0) is 15.5. The molecule has 0 aliphatic rings. The van der Waals surface area contributed by atoms with E-state index < -0.39 is 4.92 Å². The minimum Gasteiger partial charge on any atom is -0.457 e. The fourth-order valence-corrected chi connectivity index (χ4v) is 2.24. The second-order valence-corrected chi connectivity index (χ2v) is 4.63. The van der Waals surface area contributed by atoms with Crippen LogP contribution in [-0.4, -0.2) is 4.92 Å². The lowest BCUT2D eigenvalue weighted by Crippen LogP contribution is -1.93. The molecule has 5 nitrogen and oxygen atoms in total. The lowest BCUT2D eigenvalue weighted by atomic mass is 10.1. The first-order valence-electron chi connectivity index (χ1n) is 6.53. The van der Waals surface area contributed by atoms with E-state index in [-0.39, 0.29) is 11.3 Å². The van der Waals surface area contributed by atoms with Gasteiger partial charge in [-0.05, 0) is 17.5 Å². The molecule has 0 atom stereocenters. The summed E-state index contributed by atoms with van der Waals surface area (Å²) < 4.78 is 5.80. The summed E-state index contributed by atoms with van der Waals surface area (Å²) >= 11 is 0. The van der Waals surface area contributed by atoms with E-state index in [1.807, 2.05) is 48.5 Å². The van der Waals surface area contributed by atoms with Crippen molar-refractivity contribution in [1.29, 1.82) is 5.26 Å². The summed E-state index contributed by atoms with van der Waals surface area (Å²) in [4.78, 5) is 10.3. The van der Waals surface area contributed by atoms with Crippen LogP contribution in [0.25, 0.3) is 10.8 Å². The Kier molecular flexibility index (Phi) is 3.42. The quantitative estimate of drug-likeness (QED) is 0.528. The first-order valence-corrected chi connectivity index (χ1v) is 6.53. The Labute approximate surface area is 126 Å². The number of ether oxygens (including phenoxy) is 1. The molecule has 0 saturated carbocycles. The van der Waals surface area contributed by atoms with Crippen LogP contribution >= 0.6 is 0 Å². The van der Waals surface area contributed by atoms with Gasteiger partial charge in [0, 0.05) is 17.5 Å². The minimum atomic E-state index is -0.583. The average molecular weight is 290 g/mol. The molecule has 5 heteroatoms. The number of hydrogen-bond acceptors (Lipinski definition) is 4. The van der Waals surface area contributed by atoms with Crippen LogP contribution in [0.15, 0.2) is 60.7 Å². The van der Waals surface area contributed by atoms with E-state index in [9.17, 15) is 10.1 Å². The maximum Gasteiger partial charge on any atom is 0.287 e. The number of nitrogens with zero attached hydrogens (tertiary/aromatic N) is 2. The molecule has 22 heavy (non-hydrogen) atoms. The monoisotopic (exact) mass is 290 g/mol. The fourth-order valence-electron chi connectivity index (χ4n) is 2.24. The molecule has 0 aliphatic heterocycles. The van der Waals surface area contributed by atoms with Gasteiger partial charge in [0.15, 0.2) is 0 Å². The molecule has 106 valence electrons. The number of hydrogen-bond donors (Lipinski definition) is 0. The summed E-state index contributed by atoms with van der Waals surface area (Å²) in [7, 11) is 0. The molecule has 0 bridgehead atoms. The van der Waals surface area contributed by atoms with Crippen LogP contribution in [0.2, 0.25) is 0 Å². The molecule has 0 N–H and O–H groups in total. The predicted molar refractivity (Wildman–Crippen MR) is 81.8 cm³/mol. The van der Waals surface area contributed by atoms with Crippen molar-refractivity contribution in [1.82, 2.24) is 0 Å². The summed E-state index contributed by atoms with van der Waals surface area (Å²) in [6.45, 7) is 0. The molecular weight excluding hydrogens is 280 g/mol. The van der Waals surface area contributed by atoms with Crippen LogP contribution in [0.4, 0.5) is 5.69 Å². The lowest BCUT2D eigenvalue weighted by molar-refractivity contribution is -0.385. The molecule has 0 fully saturated rings. The van der Waals surface area contributed by atoms with Crippen LogP contribution < -0.4 is 4.74 Å². The van der Waals surface area contributed by atoms with Crippen LogP contribution in [0.1, 0.15) is 5.56 Å². The van der Waals surface area contributed by atoms with E-state index in [1.54, 1.807) is 0 Å². The molecule has 0 spiro atoms. The molecule has 3 rings (SSSR count). The lowest BCUT2D eigenvalue weighted by Gasteiger charge is -2.09. The van der Waals surface area contributed by atoms with Crippen molar-refractivity contribution in [3.63, 3.8) is 0 Å². The van der Waals surface area contributed by atoms with Crippen molar-refractivity contribution in [2.45, 2.75) is 0 Å². The average Bonchev–Trinajstić information content (AvgIpc) is 2.55. The highest BCUT2D eigenvalue weighted by atomic mass is 16.6. The maximum absolute atomic E-state index is 10.8. The van der Waals surface area contributed by atoms with E-state index in [2.05, 4.69) is 0 Å². The number of nitriles is 1. The Balaban J connectivity index is 2.03. The third kappa shape index (κ3) is 2.45. The number of benzene rings is 3. The maximum atomic E-state index is 10.8. The highest BCUT2D eigenvalue weighted by Gasteiger charge is 2.14. The van der Waals surface area contributed by atoms with Crippen LogP contribution in [0.3, 0.4) is 0 Å². The second-order valence-electron chi connectivity index (χ2n) is 4.63. The third-order valence-electron chi connectivity index (χ3n) is 3.26. The number of nitro benzene ring substituents is 1. The Morgan fingerprint density at radius 1 is 1.05 bits per heavy atom. The highest BCUT2D eigenvalue weighted by Crippen LogP contribution is 2.31. The molecule has 3 aromatic rings. The molecule has 0 heterocycles. The summed E-state index contributed by atoms with van der Waals surface area (Å²) in [5, 5.41) is 21.8. The molecule has 0 unspecified atom stereocenters. The van der Waals surface area contributed by atoms with Crippen molar-refractivity contribution < 1.29 is 9.66 Å². The number of fused-ring (bicyclic) bond motifs is 1. The number of nitro groups is 1. The van der Waals surface area contributed by atoms with E-state index >= 15 is 0 Å². The van der Waals surface area contributed by atoms with Crippen molar-refractivity contribution in [3.05, 3.63) is 76.3 Å². The molecule has 0 aromatic heterocycles. The summed E-state index contributed by atoms with van der Waals surface area (Å²) in [5.74, 6) is 1.02. The van der Waals surface area contributed by atoms with Crippen molar-refractivity contribution in [3.8, 4) is 17.6 Å². The van der Waals surface area contributed by atoms with E-state index in [1.165, 1.54) is 18.2 Å². The smallest absolute Gasteiger partial charge is 0.287 e. The Bertz CT molecular complexity index is 908. The standard InChI is InChI=1S/C17H10N2O3/c18-11-13-10-14(8-9-16(13)19(20)21)22-17-7-3-5-12-4-1-2-6-15(12)17/h1-10H. The van der Waals surface area contributed by atoms with Gasteiger partial charge < -0.3 is 4.74 Å². The van der Waals surface area contributed by atoms with Gasteiger partial charge in [-0.3, -0.25) is 10.1 Å². The van der Waals surface area contributed by atoms with E-state index in [0.717, 1.165) is 10.8 Å². The fraction of sp³-hybridized carbons (Fsp3) is 0. The second kappa shape index (κ2) is 5.54. The first kappa shape index (κ1) is 13.6. The Morgan fingerprint density at radius 2 is 1.82 bits per heavy atom. The normalized spacial score (nSPS) is 10.1. The van der Waals surface area contributed by atoms with Gasteiger partial charge in [0.05, 0.1) is 4.92 Å². The molecular formula is C17H10N2O3. The largest absolute Gasteiger partial charge is 0.457 e. The minimum absolute atomic E-state index is 0.0252. The van der Waals surface area contributed by atoms with Gasteiger partial charge in [0.25, 0.3) is 5.69 Å². The van der Waals surface area contributed by atoms with Crippen LogP contribution in [0, 0.1) is 21.4 Å². The number of rotatable bonds is 3. The highest BCUT2D eigenvalue weighted by molar-refractivity contribution is 5.88. The Hall–Kier alpha value is -3.39. The van der Waals surface area contributed by atoms with Gasteiger partial charge in [-0.1, -0.05) is 36.4 Å². The van der Waals surface area contributed by atoms with Crippen LogP contribution in [-0.2, 0) is 0 Å². The van der Waals surface area contributed by atoms with Gasteiger partial charge in [0.2, 0.25) is 0 Å². The van der Waals surface area contributed by atoms with Crippen molar-refractivity contribution in [2.75, 3.05) is 0 Å². The van der Waals surface area contributed by atoms with Gasteiger partial charge in [-0.2, -0.15) is 5.26 Å². The topological polar surface area (TPSA) is 76.2 Å². The first-order chi connectivity index (χ1) is 10.7. The zero-order valence-electron chi connectivity index (χ0n) is 11.4. The SMILES string of the molecule is N#Cc1cc(Oc2cccc3ccccc23)ccc1[N+](=O)[O-]. The predicted octanol–water partition coefficient (Wildman–Crippen LogP) is 4.41. The van der Waals surface area contributed by atoms with Crippen molar-refractivity contribution in [2.24, 2.45) is 0 Å². The van der Waals surface area contributed by atoms with Gasteiger partial charge in [-0.25, -0.2) is 0 Å². The van der Waals surface area contributed by atoms with E-state index in [4.69, 9.17) is 10.00 Å². The van der Waals surface area contributed by atoms with E-state index in [0.29, 0.717) is 11.5 Å². The van der Waals surface area contributed by atoms with Crippen molar-refractivity contribution >= 4 is 16.5 Å². The summed E-state index contributed by atoms with van der Waals surface area (Å²) in [6.07, 6.45) is 0. The van der Waals surface area contributed by atoms with Gasteiger partial charge >= 0.3 is 0 Å².